The summed E-state index contributed by atoms with van der Waals surface area (Å²) < 4.78 is 5.88. The van der Waals surface area contributed by atoms with E-state index in [0.717, 1.165) is 49.1 Å². The van der Waals surface area contributed by atoms with Gasteiger partial charge >= 0.3 is 0 Å². The third kappa shape index (κ3) is 2.84. The molecule has 0 bridgehead atoms. The molecule has 0 aliphatic heterocycles. The van der Waals surface area contributed by atoms with E-state index in [0.29, 0.717) is 0 Å². The van der Waals surface area contributed by atoms with Crippen LogP contribution in [-0.4, -0.2) is 17.0 Å². The van der Waals surface area contributed by atoms with Gasteiger partial charge in [0.1, 0.15) is 5.75 Å². The highest BCUT2D eigenvalue weighted by molar-refractivity contribution is 6.02. The van der Waals surface area contributed by atoms with Gasteiger partial charge in [-0.15, -0.1) is 0 Å². The molecule has 1 atom stereocenters. The molecule has 2 rings (SSSR count). The van der Waals surface area contributed by atoms with Crippen molar-refractivity contribution >= 4 is 5.71 Å². The normalized spacial score (nSPS) is 18.4. The Morgan fingerprint density at radius 2 is 2.22 bits per heavy atom. The fraction of sp³-hybridized carbons (Fsp3) is 0.533. The molecule has 1 aromatic carbocycles. The van der Waals surface area contributed by atoms with Crippen LogP contribution in [-0.2, 0) is 6.42 Å². The molecule has 0 saturated carbocycles. The van der Waals surface area contributed by atoms with Crippen molar-refractivity contribution in [3.05, 3.63) is 29.3 Å². The van der Waals surface area contributed by atoms with Crippen molar-refractivity contribution in [3.63, 3.8) is 0 Å². The second kappa shape index (κ2) is 5.89. The third-order valence-corrected chi connectivity index (χ3v) is 3.41. The van der Waals surface area contributed by atoms with E-state index in [2.05, 4.69) is 25.1 Å². The van der Waals surface area contributed by atoms with Gasteiger partial charge in [-0.1, -0.05) is 24.6 Å². The van der Waals surface area contributed by atoms with Crippen LogP contribution in [0.5, 0.6) is 5.75 Å². The molecular weight excluding hydrogens is 226 g/mol. The second-order valence-corrected chi connectivity index (χ2v) is 4.94. The van der Waals surface area contributed by atoms with E-state index in [9.17, 15) is 0 Å². The van der Waals surface area contributed by atoms with Crippen LogP contribution in [0, 0.1) is 0 Å². The van der Waals surface area contributed by atoms with Gasteiger partial charge in [0.25, 0.3) is 0 Å². The van der Waals surface area contributed by atoms with Gasteiger partial charge < -0.3 is 9.94 Å². The first-order valence-electron chi connectivity index (χ1n) is 6.75. The van der Waals surface area contributed by atoms with E-state index in [4.69, 9.17) is 9.94 Å². The van der Waals surface area contributed by atoms with Crippen molar-refractivity contribution in [1.82, 2.24) is 0 Å². The monoisotopic (exact) mass is 247 g/mol. The molecule has 1 aliphatic rings. The Morgan fingerprint density at radius 3 is 2.94 bits per heavy atom. The van der Waals surface area contributed by atoms with Crippen LogP contribution in [0.3, 0.4) is 0 Å². The van der Waals surface area contributed by atoms with Gasteiger partial charge in [-0.25, -0.2) is 0 Å². The van der Waals surface area contributed by atoms with Crippen molar-refractivity contribution in [1.29, 1.82) is 0 Å². The molecule has 18 heavy (non-hydrogen) atoms. The molecule has 1 N–H and O–H groups in total. The maximum Gasteiger partial charge on any atom is 0.120 e. The third-order valence-electron chi connectivity index (χ3n) is 3.41. The fourth-order valence-corrected chi connectivity index (χ4v) is 2.50. The maximum absolute atomic E-state index is 9.04. The van der Waals surface area contributed by atoms with Crippen LogP contribution in [0.4, 0.5) is 0 Å². The lowest BCUT2D eigenvalue weighted by Crippen LogP contribution is -2.14. The fourth-order valence-electron chi connectivity index (χ4n) is 2.50. The summed E-state index contributed by atoms with van der Waals surface area (Å²) in [6.45, 7) is 4.24. The zero-order valence-electron chi connectivity index (χ0n) is 11.1. The number of benzene rings is 1. The molecule has 3 heteroatoms. The van der Waals surface area contributed by atoms with E-state index < -0.39 is 0 Å². The van der Waals surface area contributed by atoms with Crippen LogP contribution in [0.15, 0.2) is 23.4 Å². The molecule has 1 aliphatic carbocycles. The molecule has 0 fully saturated rings. The van der Waals surface area contributed by atoms with Gasteiger partial charge in [0.15, 0.2) is 0 Å². The summed E-state index contributed by atoms with van der Waals surface area (Å²) in [6, 6.07) is 6.12. The molecule has 1 aromatic rings. The number of hydrogen-bond acceptors (Lipinski definition) is 3. The summed E-state index contributed by atoms with van der Waals surface area (Å²) in [7, 11) is 0. The number of rotatable bonds is 4. The first kappa shape index (κ1) is 12.9. The first-order chi connectivity index (χ1) is 8.74. The molecule has 0 aromatic heterocycles. The molecule has 0 amide bonds. The Bertz CT molecular complexity index is 440. The van der Waals surface area contributed by atoms with Gasteiger partial charge in [0, 0.05) is 5.56 Å². The maximum atomic E-state index is 9.04. The van der Waals surface area contributed by atoms with Crippen molar-refractivity contribution in [2.24, 2.45) is 5.16 Å². The predicted molar refractivity (Wildman–Crippen MR) is 72.7 cm³/mol. The van der Waals surface area contributed by atoms with E-state index >= 15 is 0 Å². The van der Waals surface area contributed by atoms with E-state index in [1.807, 2.05) is 12.1 Å². The second-order valence-electron chi connectivity index (χ2n) is 4.94. The van der Waals surface area contributed by atoms with E-state index in [1.165, 1.54) is 5.56 Å². The highest BCUT2D eigenvalue weighted by atomic mass is 16.5. The standard InChI is InChI=1S/C15H21NO2/c1-3-5-11(2)18-13-9-8-12-6-4-7-15(16-17)14(12)10-13/h8-11,17H,3-7H2,1-2H3/b16-15-. The van der Waals surface area contributed by atoms with Crippen LogP contribution in [0.1, 0.15) is 50.7 Å². The van der Waals surface area contributed by atoms with Gasteiger partial charge in [0.2, 0.25) is 0 Å². The summed E-state index contributed by atoms with van der Waals surface area (Å²) >= 11 is 0. The quantitative estimate of drug-likeness (QED) is 0.650. The van der Waals surface area contributed by atoms with Crippen molar-refractivity contribution < 1.29 is 9.94 Å². The number of hydrogen-bond donors (Lipinski definition) is 1. The van der Waals surface area contributed by atoms with Crippen LogP contribution < -0.4 is 4.74 Å². The summed E-state index contributed by atoms with van der Waals surface area (Å²) in [5, 5.41) is 12.4. The summed E-state index contributed by atoms with van der Waals surface area (Å²) in [5.41, 5.74) is 3.08. The number of nitrogens with zero attached hydrogens (tertiary/aromatic N) is 1. The Hall–Kier alpha value is -1.51. The van der Waals surface area contributed by atoms with Crippen LogP contribution in [0.2, 0.25) is 0 Å². The van der Waals surface area contributed by atoms with Gasteiger partial charge in [-0.05, 0) is 50.3 Å². The molecular formula is C15H21NO2. The van der Waals surface area contributed by atoms with Gasteiger partial charge in [-0.3, -0.25) is 0 Å². The van der Waals surface area contributed by atoms with Gasteiger partial charge in [-0.2, -0.15) is 0 Å². The van der Waals surface area contributed by atoms with Gasteiger partial charge in [0.05, 0.1) is 11.8 Å². The minimum Gasteiger partial charge on any atom is -0.491 e. The Balaban J connectivity index is 2.20. The van der Waals surface area contributed by atoms with Crippen LogP contribution in [0.25, 0.3) is 0 Å². The van der Waals surface area contributed by atoms with E-state index in [-0.39, 0.29) is 6.10 Å². The Kier molecular flexibility index (Phi) is 4.24. The first-order valence-corrected chi connectivity index (χ1v) is 6.75. The number of ether oxygens (including phenoxy) is 1. The Labute approximate surface area is 108 Å². The predicted octanol–water partition coefficient (Wildman–Crippen LogP) is 3.77. The molecule has 0 radical (unpaired) electrons. The lowest BCUT2D eigenvalue weighted by atomic mass is 9.90. The minimum atomic E-state index is 0.228. The lowest BCUT2D eigenvalue weighted by molar-refractivity contribution is 0.210. The number of oxime groups is 1. The highest BCUT2D eigenvalue weighted by Gasteiger charge is 2.17. The molecule has 0 saturated heterocycles. The summed E-state index contributed by atoms with van der Waals surface area (Å²) in [5.74, 6) is 0.873. The zero-order valence-corrected chi connectivity index (χ0v) is 11.1. The lowest BCUT2D eigenvalue weighted by Gasteiger charge is -2.19. The Morgan fingerprint density at radius 1 is 1.39 bits per heavy atom. The topological polar surface area (TPSA) is 41.8 Å². The number of aryl methyl sites for hydroxylation is 1. The average Bonchev–Trinajstić information content (AvgIpc) is 2.38. The minimum absolute atomic E-state index is 0.228. The van der Waals surface area contributed by atoms with Crippen molar-refractivity contribution in [2.45, 2.75) is 52.1 Å². The zero-order chi connectivity index (χ0) is 13.0. The molecule has 1 unspecified atom stereocenters. The SMILES string of the molecule is CCCC(C)Oc1ccc2c(c1)/C(=N\O)CCC2. The molecule has 98 valence electrons. The highest BCUT2D eigenvalue weighted by Crippen LogP contribution is 2.26. The van der Waals surface area contributed by atoms with E-state index in [1.54, 1.807) is 0 Å². The largest absolute Gasteiger partial charge is 0.491 e. The van der Waals surface area contributed by atoms with Crippen molar-refractivity contribution in [2.75, 3.05) is 0 Å². The molecule has 0 heterocycles. The average molecular weight is 247 g/mol. The molecule has 0 spiro atoms. The number of fused-ring (bicyclic) bond motifs is 1. The smallest absolute Gasteiger partial charge is 0.120 e. The van der Waals surface area contributed by atoms with Crippen LogP contribution >= 0.6 is 0 Å². The summed E-state index contributed by atoms with van der Waals surface area (Å²) in [6.07, 6.45) is 5.36. The molecule has 3 nitrogen and oxygen atoms in total. The van der Waals surface area contributed by atoms with Crippen molar-refractivity contribution in [3.8, 4) is 5.75 Å². The summed E-state index contributed by atoms with van der Waals surface area (Å²) in [4.78, 5) is 0.